The van der Waals surface area contributed by atoms with Crippen LogP contribution in [0.2, 0.25) is 0 Å². The van der Waals surface area contributed by atoms with E-state index in [0.717, 1.165) is 10.3 Å². The molecule has 15 heavy (non-hydrogen) atoms. The number of pyridine rings is 1. The van der Waals surface area contributed by atoms with E-state index in [1.807, 2.05) is 18.2 Å². The van der Waals surface area contributed by atoms with Gasteiger partial charge in [-0.15, -0.1) is 0 Å². The number of hydrogen-bond donors (Lipinski definition) is 0. The molecule has 0 amide bonds. The van der Waals surface area contributed by atoms with Crippen molar-refractivity contribution >= 4 is 23.5 Å². The van der Waals surface area contributed by atoms with E-state index in [9.17, 15) is 4.57 Å². The Morgan fingerprint density at radius 3 is 2.60 bits per heavy atom. The van der Waals surface area contributed by atoms with Crippen LogP contribution in [0.25, 0.3) is 0 Å². The predicted octanol–water partition coefficient (Wildman–Crippen LogP) is 2.87. The number of halogens is 1. The van der Waals surface area contributed by atoms with Crippen LogP contribution in [0.15, 0.2) is 22.8 Å². The van der Waals surface area contributed by atoms with Crippen molar-refractivity contribution in [3.63, 3.8) is 0 Å². The highest BCUT2D eigenvalue weighted by molar-refractivity contribution is 9.10. The molecule has 0 aliphatic rings. The fourth-order valence-corrected chi connectivity index (χ4v) is 2.50. The van der Waals surface area contributed by atoms with E-state index in [1.165, 1.54) is 14.2 Å². The third-order valence-electron chi connectivity index (χ3n) is 1.97. The van der Waals surface area contributed by atoms with Crippen molar-refractivity contribution in [3.05, 3.63) is 28.5 Å². The number of aromatic nitrogens is 1. The Hall–Kier alpha value is -0.220. The molecule has 0 fully saturated rings. The molecular weight excluding hydrogens is 281 g/mol. The van der Waals surface area contributed by atoms with Crippen molar-refractivity contribution in [3.8, 4) is 0 Å². The molecule has 0 spiro atoms. The smallest absolute Gasteiger partial charge is 0.312 e. The van der Waals surface area contributed by atoms with Gasteiger partial charge >= 0.3 is 7.60 Å². The second kappa shape index (κ2) is 5.75. The Morgan fingerprint density at radius 2 is 2.07 bits per heavy atom. The van der Waals surface area contributed by atoms with Gasteiger partial charge in [-0.3, -0.25) is 4.57 Å². The fourth-order valence-electron chi connectivity index (χ4n) is 1.10. The van der Waals surface area contributed by atoms with Crippen LogP contribution in [0, 0.1) is 0 Å². The average molecular weight is 294 g/mol. The third kappa shape index (κ3) is 4.03. The van der Waals surface area contributed by atoms with E-state index in [0.29, 0.717) is 12.6 Å². The molecule has 1 aromatic heterocycles. The maximum Gasteiger partial charge on any atom is 0.330 e. The summed E-state index contributed by atoms with van der Waals surface area (Å²) in [5.74, 6) is 0. The van der Waals surface area contributed by atoms with Gasteiger partial charge in [-0.05, 0) is 28.1 Å². The molecule has 0 bridgehead atoms. The summed E-state index contributed by atoms with van der Waals surface area (Å²) in [5.41, 5.74) is 0.860. The average Bonchev–Trinajstić information content (AvgIpc) is 2.26. The minimum absolute atomic E-state index is 0.337. The number of nitrogens with zero attached hydrogens (tertiary/aromatic N) is 1. The normalized spacial score (nSPS) is 11.7. The molecule has 1 heterocycles. The molecule has 0 atom stereocenters. The van der Waals surface area contributed by atoms with Gasteiger partial charge in [0.2, 0.25) is 0 Å². The number of aryl methyl sites for hydroxylation is 1. The standard InChI is InChI=1S/C9H13BrNO3P/c1-13-15(12,14-2)7-6-8-4-3-5-9(10)11-8/h3-5H,6-7H2,1-2H3. The summed E-state index contributed by atoms with van der Waals surface area (Å²) in [7, 11) is -0.142. The summed E-state index contributed by atoms with van der Waals surface area (Å²) in [4.78, 5) is 4.23. The van der Waals surface area contributed by atoms with E-state index in [1.54, 1.807) is 0 Å². The topological polar surface area (TPSA) is 48.4 Å². The first kappa shape index (κ1) is 12.8. The summed E-state index contributed by atoms with van der Waals surface area (Å²) < 4.78 is 22.2. The van der Waals surface area contributed by atoms with Crippen molar-refractivity contribution in [1.82, 2.24) is 4.98 Å². The molecule has 0 aromatic carbocycles. The lowest BCUT2D eigenvalue weighted by molar-refractivity contribution is 0.276. The van der Waals surface area contributed by atoms with E-state index in [2.05, 4.69) is 20.9 Å². The molecule has 4 nitrogen and oxygen atoms in total. The van der Waals surface area contributed by atoms with Gasteiger partial charge in [0.1, 0.15) is 4.60 Å². The van der Waals surface area contributed by atoms with E-state index >= 15 is 0 Å². The molecule has 6 heteroatoms. The van der Waals surface area contributed by atoms with Gasteiger partial charge in [0.25, 0.3) is 0 Å². The number of hydrogen-bond acceptors (Lipinski definition) is 4. The van der Waals surface area contributed by atoms with Gasteiger partial charge in [0, 0.05) is 26.3 Å². The van der Waals surface area contributed by atoms with E-state index < -0.39 is 7.60 Å². The second-order valence-electron chi connectivity index (χ2n) is 2.90. The summed E-state index contributed by atoms with van der Waals surface area (Å²) in [5, 5.41) is 0. The molecule has 84 valence electrons. The molecule has 1 aromatic rings. The predicted molar refractivity (Wildman–Crippen MR) is 62.1 cm³/mol. The third-order valence-corrected chi connectivity index (χ3v) is 4.30. The van der Waals surface area contributed by atoms with Crippen molar-refractivity contribution in [2.45, 2.75) is 6.42 Å². The minimum Gasteiger partial charge on any atom is -0.312 e. The van der Waals surface area contributed by atoms with Crippen LogP contribution >= 0.6 is 23.5 Å². The van der Waals surface area contributed by atoms with Gasteiger partial charge in [-0.2, -0.15) is 0 Å². The zero-order valence-electron chi connectivity index (χ0n) is 8.64. The molecule has 1 rings (SSSR count). The number of rotatable bonds is 5. The van der Waals surface area contributed by atoms with Crippen molar-refractivity contribution in [1.29, 1.82) is 0 Å². The van der Waals surface area contributed by atoms with Crippen LogP contribution in [0.5, 0.6) is 0 Å². The van der Waals surface area contributed by atoms with Crippen LogP contribution in [0.3, 0.4) is 0 Å². The van der Waals surface area contributed by atoms with Gasteiger partial charge in [-0.25, -0.2) is 4.98 Å². The van der Waals surface area contributed by atoms with Gasteiger partial charge < -0.3 is 9.05 Å². The second-order valence-corrected chi connectivity index (χ2v) is 6.11. The van der Waals surface area contributed by atoms with Gasteiger partial charge in [0.05, 0.1) is 6.16 Å². The molecule has 0 aliphatic carbocycles. The monoisotopic (exact) mass is 293 g/mol. The van der Waals surface area contributed by atoms with E-state index in [-0.39, 0.29) is 0 Å². The zero-order chi connectivity index (χ0) is 11.3. The van der Waals surface area contributed by atoms with E-state index in [4.69, 9.17) is 9.05 Å². The highest BCUT2D eigenvalue weighted by Gasteiger charge is 2.20. The molecule has 0 N–H and O–H groups in total. The molecule has 0 saturated heterocycles. The molecule has 0 saturated carbocycles. The SMILES string of the molecule is COP(=O)(CCc1cccc(Br)n1)OC. The first-order valence-corrected chi connectivity index (χ1v) is 6.94. The lowest BCUT2D eigenvalue weighted by Crippen LogP contribution is -2.00. The highest BCUT2D eigenvalue weighted by Crippen LogP contribution is 2.46. The molecule has 0 radical (unpaired) electrons. The zero-order valence-corrected chi connectivity index (χ0v) is 11.1. The summed E-state index contributed by atoms with van der Waals surface area (Å²) in [6.45, 7) is 0. The van der Waals surface area contributed by atoms with Crippen LogP contribution in [-0.4, -0.2) is 25.4 Å². The first-order chi connectivity index (χ1) is 7.09. The van der Waals surface area contributed by atoms with Crippen LogP contribution < -0.4 is 0 Å². The Kier molecular flexibility index (Phi) is 4.93. The summed E-state index contributed by atoms with van der Waals surface area (Å²) in [6.07, 6.45) is 0.905. The van der Waals surface area contributed by atoms with Gasteiger partial charge in [-0.1, -0.05) is 6.07 Å². The van der Waals surface area contributed by atoms with Crippen LogP contribution in [-0.2, 0) is 20.0 Å². The largest absolute Gasteiger partial charge is 0.330 e. The van der Waals surface area contributed by atoms with Crippen LogP contribution in [0.4, 0.5) is 0 Å². The minimum atomic E-state index is -2.92. The van der Waals surface area contributed by atoms with Crippen LogP contribution in [0.1, 0.15) is 5.69 Å². The van der Waals surface area contributed by atoms with Crippen molar-refractivity contribution in [2.75, 3.05) is 20.4 Å². The maximum absolute atomic E-state index is 11.7. The van der Waals surface area contributed by atoms with Crippen molar-refractivity contribution in [2.24, 2.45) is 0 Å². The summed E-state index contributed by atoms with van der Waals surface area (Å²) >= 11 is 3.27. The fraction of sp³-hybridized carbons (Fsp3) is 0.444. The Balaban J connectivity index is 2.61. The first-order valence-electron chi connectivity index (χ1n) is 4.41. The Morgan fingerprint density at radius 1 is 1.40 bits per heavy atom. The maximum atomic E-state index is 11.7. The Labute approximate surface area is 97.7 Å². The molecule has 0 unspecified atom stereocenters. The van der Waals surface area contributed by atoms with Crippen molar-refractivity contribution < 1.29 is 13.6 Å². The molecule has 0 aliphatic heterocycles. The quantitative estimate of drug-likeness (QED) is 0.619. The lowest BCUT2D eigenvalue weighted by Gasteiger charge is -2.12. The highest BCUT2D eigenvalue weighted by atomic mass is 79.9. The molecular formula is C9H13BrNO3P. The lowest BCUT2D eigenvalue weighted by atomic mass is 10.3. The Bertz CT molecular complexity index is 364. The van der Waals surface area contributed by atoms with Gasteiger partial charge in [0.15, 0.2) is 0 Å². The summed E-state index contributed by atoms with van der Waals surface area (Å²) in [6, 6.07) is 5.60.